The Balaban J connectivity index is 1.54. The molecule has 1 aromatic carbocycles. The van der Waals surface area contributed by atoms with E-state index in [1.165, 1.54) is 23.7 Å². The predicted octanol–water partition coefficient (Wildman–Crippen LogP) is 5.15. The molecule has 0 saturated carbocycles. The summed E-state index contributed by atoms with van der Waals surface area (Å²) in [6.45, 7) is 10.0. The van der Waals surface area contributed by atoms with Crippen molar-refractivity contribution in [2.75, 3.05) is 25.0 Å². The molecule has 1 amide bonds. The summed E-state index contributed by atoms with van der Waals surface area (Å²) in [7, 11) is 0. The Labute approximate surface area is 165 Å². The molecule has 0 spiro atoms. The van der Waals surface area contributed by atoms with E-state index in [9.17, 15) is 4.79 Å². The molecule has 4 rings (SSSR count). The minimum atomic E-state index is -0.167. The van der Waals surface area contributed by atoms with Crippen LogP contribution in [0, 0.1) is 5.41 Å². The van der Waals surface area contributed by atoms with Crippen molar-refractivity contribution in [1.82, 2.24) is 9.88 Å². The Bertz CT molecular complexity index is 1010. The van der Waals surface area contributed by atoms with Gasteiger partial charge in [-0.05, 0) is 41.7 Å². The maximum Gasteiger partial charge on any atom is 0.258 e. The highest BCUT2D eigenvalue weighted by atomic mass is 16.3. The van der Waals surface area contributed by atoms with Crippen molar-refractivity contribution in [1.29, 1.82) is 0 Å². The van der Waals surface area contributed by atoms with E-state index in [1.807, 2.05) is 18.2 Å². The highest BCUT2D eigenvalue weighted by Gasteiger charge is 2.20. The van der Waals surface area contributed by atoms with Crippen molar-refractivity contribution >= 4 is 28.1 Å². The lowest BCUT2D eigenvalue weighted by atomic mass is 9.93. The van der Waals surface area contributed by atoms with Crippen LogP contribution >= 0.6 is 0 Å². The second-order valence-electron chi connectivity index (χ2n) is 8.70. The first-order valence-electron chi connectivity index (χ1n) is 9.75. The monoisotopic (exact) mass is 377 g/mol. The van der Waals surface area contributed by atoms with Crippen molar-refractivity contribution in [2.45, 2.75) is 27.2 Å². The van der Waals surface area contributed by atoms with Gasteiger partial charge in [0.05, 0.1) is 11.8 Å². The van der Waals surface area contributed by atoms with E-state index < -0.39 is 0 Å². The second kappa shape index (κ2) is 7.32. The van der Waals surface area contributed by atoms with Gasteiger partial charge < -0.3 is 14.7 Å². The third-order valence-electron chi connectivity index (χ3n) is 5.06. The molecule has 2 aromatic heterocycles. The number of carbonyl (C=O) groups is 1. The van der Waals surface area contributed by atoms with Gasteiger partial charge in [0.25, 0.3) is 5.91 Å². The van der Waals surface area contributed by atoms with Gasteiger partial charge in [0.2, 0.25) is 0 Å². The number of aromatic amines is 1. The van der Waals surface area contributed by atoms with E-state index in [0.717, 1.165) is 42.6 Å². The standard InChI is InChI=1S/C23H27N3O2/c1-23(2,3)15-26-9-6-16(7-10-26)20-13-24-21-5-4-18(12-19(20)21)25-22(27)17-8-11-28-14-17/h4-6,8,11-14,24H,7,9-10,15H2,1-3H3,(H,25,27). The van der Waals surface area contributed by atoms with E-state index in [4.69, 9.17) is 4.42 Å². The van der Waals surface area contributed by atoms with Gasteiger partial charge in [-0.25, -0.2) is 0 Å². The van der Waals surface area contributed by atoms with Crippen LogP contribution in [-0.2, 0) is 0 Å². The zero-order chi connectivity index (χ0) is 19.7. The Hall–Kier alpha value is -2.79. The summed E-state index contributed by atoms with van der Waals surface area (Å²) in [6, 6.07) is 7.63. The average Bonchev–Trinajstić information content (AvgIpc) is 3.31. The summed E-state index contributed by atoms with van der Waals surface area (Å²) in [5.41, 5.74) is 5.29. The number of furan rings is 1. The Morgan fingerprint density at radius 1 is 1.29 bits per heavy atom. The number of anilines is 1. The zero-order valence-electron chi connectivity index (χ0n) is 16.7. The third-order valence-corrected chi connectivity index (χ3v) is 5.06. The van der Waals surface area contributed by atoms with Crippen LogP contribution in [0.4, 0.5) is 5.69 Å². The van der Waals surface area contributed by atoms with E-state index in [1.54, 1.807) is 6.07 Å². The average molecular weight is 377 g/mol. The molecule has 28 heavy (non-hydrogen) atoms. The van der Waals surface area contributed by atoms with Crippen LogP contribution < -0.4 is 5.32 Å². The van der Waals surface area contributed by atoms with Gasteiger partial charge >= 0.3 is 0 Å². The smallest absolute Gasteiger partial charge is 0.258 e. The first-order chi connectivity index (χ1) is 13.4. The molecule has 2 N–H and O–H groups in total. The van der Waals surface area contributed by atoms with Crippen LogP contribution in [-0.4, -0.2) is 35.4 Å². The van der Waals surface area contributed by atoms with Gasteiger partial charge in [-0.2, -0.15) is 0 Å². The topological polar surface area (TPSA) is 61.3 Å². The van der Waals surface area contributed by atoms with Crippen LogP contribution in [0.2, 0.25) is 0 Å². The zero-order valence-corrected chi connectivity index (χ0v) is 16.7. The Kier molecular flexibility index (Phi) is 4.85. The quantitative estimate of drug-likeness (QED) is 0.661. The fourth-order valence-corrected chi connectivity index (χ4v) is 3.83. The molecule has 1 aliphatic heterocycles. The minimum absolute atomic E-state index is 0.167. The van der Waals surface area contributed by atoms with Crippen molar-refractivity contribution in [2.24, 2.45) is 5.41 Å². The number of rotatable bonds is 4. The number of nitrogens with one attached hydrogen (secondary N) is 2. The van der Waals surface area contributed by atoms with E-state index in [-0.39, 0.29) is 5.91 Å². The van der Waals surface area contributed by atoms with Gasteiger partial charge in [-0.3, -0.25) is 9.69 Å². The Morgan fingerprint density at radius 3 is 2.82 bits per heavy atom. The summed E-state index contributed by atoms with van der Waals surface area (Å²) in [5, 5.41) is 4.09. The Morgan fingerprint density at radius 2 is 2.14 bits per heavy atom. The van der Waals surface area contributed by atoms with E-state index in [2.05, 4.69) is 48.2 Å². The molecule has 1 aliphatic rings. The molecule has 0 atom stereocenters. The minimum Gasteiger partial charge on any atom is -0.472 e. The highest BCUT2D eigenvalue weighted by molar-refractivity contribution is 6.05. The lowest BCUT2D eigenvalue weighted by Crippen LogP contribution is -2.35. The molecule has 0 aliphatic carbocycles. The number of hydrogen-bond donors (Lipinski definition) is 2. The van der Waals surface area contributed by atoms with Crippen LogP contribution in [0.5, 0.6) is 0 Å². The molecule has 0 saturated heterocycles. The van der Waals surface area contributed by atoms with Crippen molar-refractivity contribution in [3.05, 3.63) is 60.2 Å². The molecular weight excluding hydrogens is 350 g/mol. The van der Waals surface area contributed by atoms with Crippen molar-refractivity contribution in [3.8, 4) is 0 Å². The predicted molar refractivity (Wildman–Crippen MR) is 113 cm³/mol. The molecule has 0 unspecified atom stereocenters. The first-order valence-corrected chi connectivity index (χ1v) is 9.75. The number of amides is 1. The van der Waals surface area contributed by atoms with Crippen LogP contribution in [0.3, 0.4) is 0 Å². The first kappa shape index (κ1) is 18.6. The van der Waals surface area contributed by atoms with E-state index >= 15 is 0 Å². The highest BCUT2D eigenvalue weighted by Crippen LogP contribution is 2.31. The number of hydrogen-bond acceptors (Lipinski definition) is 3. The van der Waals surface area contributed by atoms with Gasteiger partial charge in [0.15, 0.2) is 0 Å². The van der Waals surface area contributed by atoms with E-state index in [0.29, 0.717) is 11.0 Å². The van der Waals surface area contributed by atoms with Gasteiger partial charge in [-0.1, -0.05) is 26.8 Å². The molecule has 5 nitrogen and oxygen atoms in total. The SMILES string of the molecule is CC(C)(C)CN1CC=C(c2c[nH]c3ccc(NC(=O)c4ccoc4)cc23)CC1. The molecule has 0 fully saturated rings. The number of benzene rings is 1. The van der Waals surface area contributed by atoms with Gasteiger partial charge in [-0.15, -0.1) is 0 Å². The molecule has 0 radical (unpaired) electrons. The maximum absolute atomic E-state index is 12.3. The fraction of sp³-hybridized carbons (Fsp3) is 0.348. The molecule has 5 heteroatoms. The molecule has 146 valence electrons. The lowest BCUT2D eigenvalue weighted by Gasteiger charge is -2.32. The van der Waals surface area contributed by atoms with Crippen LogP contribution in [0.15, 0.2) is 53.5 Å². The summed E-state index contributed by atoms with van der Waals surface area (Å²) in [6.07, 6.45) is 8.41. The summed E-state index contributed by atoms with van der Waals surface area (Å²) < 4.78 is 4.99. The number of fused-ring (bicyclic) bond motifs is 1. The van der Waals surface area contributed by atoms with Crippen molar-refractivity contribution in [3.63, 3.8) is 0 Å². The van der Waals surface area contributed by atoms with Gasteiger partial charge in [0.1, 0.15) is 6.26 Å². The molecule has 0 bridgehead atoms. The fourth-order valence-electron chi connectivity index (χ4n) is 3.83. The molecule has 3 aromatic rings. The maximum atomic E-state index is 12.3. The second-order valence-corrected chi connectivity index (χ2v) is 8.70. The largest absolute Gasteiger partial charge is 0.472 e. The normalized spacial score (nSPS) is 15.6. The molecule has 3 heterocycles. The number of carbonyl (C=O) groups excluding carboxylic acids is 1. The summed E-state index contributed by atoms with van der Waals surface area (Å²) in [5.74, 6) is -0.167. The number of nitrogens with zero attached hydrogens (tertiary/aromatic N) is 1. The number of aromatic nitrogens is 1. The summed E-state index contributed by atoms with van der Waals surface area (Å²) in [4.78, 5) is 18.2. The van der Waals surface area contributed by atoms with Crippen LogP contribution in [0.25, 0.3) is 16.5 Å². The van der Waals surface area contributed by atoms with Crippen LogP contribution in [0.1, 0.15) is 43.1 Å². The third kappa shape index (κ3) is 4.04. The molecular formula is C23H27N3O2. The summed E-state index contributed by atoms with van der Waals surface area (Å²) >= 11 is 0. The van der Waals surface area contributed by atoms with Gasteiger partial charge in [0, 0.05) is 48.0 Å². The number of H-pyrrole nitrogens is 1. The lowest BCUT2D eigenvalue weighted by molar-refractivity contribution is 0.102. The van der Waals surface area contributed by atoms with Crippen molar-refractivity contribution < 1.29 is 9.21 Å².